The van der Waals surface area contributed by atoms with Crippen molar-refractivity contribution in [1.29, 1.82) is 0 Å². The number of rotatable bonds is 5. The van der Waals surface area contributed by atoms with Crippen LogP contribution in [0.25, 0.3) is 0 Å². The third kappa shape index (κ3) is 3.22. The maximum Gasteiger partial charge on any atom is 0.287 e. The van der Waals surface area contributed by atoms with E-state index in [0.717, 1.165) is 12.5 Å². The van der Waals surface area contributed by atoms with Crippen LogP contribution in [0.4, 0.5) is 5.69 Å². The van der Waals surface area contributed by atoms with Crippen LogP contribution in [0.3, 0.4) is 0 Å². The molecule has 1 aromatic heterocycles. The number of hydrogen-bond donors (Lipinski definition) is 1. The summed E-state index contributed by atoms with van der Waals surface area (Å²) in [6, 6.07) is 0. The summed E-state index contributed by atoms with van der Waals surface area (Å²) in [5, 5.41) is 7.57. The molecule has 0 radical (unpaired) electrons. The zero-order chi connectivity index (χ0) is 12.4. The maximum atomic E-state index is 11.9. The minimum absolute atomic E-state index is 0.207. The summed E-state index contributed by atoms with van der Waals surface area (Å²) in [6.07, 6.45) is 4.18. The number of aromatic nitrogens is 2. The highest BCUT2D eigenvalue weighted by molar-refractivity contribution is 6.32. The second-order valence-electron chi connectivity index (χ2n) is 5.08. The highest BCUT2D eigenvalue weighted by Gasteiger charge is 2.21. The van der Waals surface area contributed by atoms with Gasteiger partial charge in [0, 0.05) is 13.1 Å². The van der Waals surface area contributed by atoms with Crippen molar-refractivity contribution in [3.8, 4) is 0 Å². The molecule has 5 heteroatoms. The van der Waals surface area contributed by atoms with Crippen molar-refractivity contribution >= 4 is 17.3 Å². The van der Waals surface area contributed by atoms with E-state index in [-0.39, 0.29) is 10.6 Å². The normalized spacial score (nSPS) is 15.3. The topological polar surface area (TPSA) is 46.9 Å². The van der Waals surface area contributed by atoms with Gasteiger partial charge in [0.15, 0.2) is 0 Å². The van der Waals surface area contributed by atoms with E-state index in [1.165, 1.54) is 17.5 Å². The molecule has 0 atom stereocenters. The molecule has 0 saturated heterocycles. The molecule has 0 unspecified atom stereocenters. The third-order valence-electron chi connectivity index (χ3n) is 2.80. The first-order valence-electron chi connectivity index (χ1n) is 6.07. The second kappa shape index (κ2) is 5.08. The lowest BCUT2D eigenvalue weighted by Gasteiger charge is -2.11. The van der Waals surface area contributed by atoms with Crippen molar-refractivity contribution in [1.82, 2.24) is 9.78 Å². The van der Waals surface area contributed by atoms with Gasteiger partial charge in [-0.15, -0.1) is 0 Å². The van der Waals surface area contributed by atoms with Gasteiger partial charge in [0.1, 0.15) is 5.02 Å². The van der Waals surface area contributed by atoms with Crippen LogP contribution >= 0.6 is 11.6 Å². The molecule has 0 amide bonds. The van der Waals surface area contributed by atoms with Gasteiger partial charge in [-0.1, -0.05) is 25.4 Å². The van der Waals surface area contributed by atoms with Crippen LogP contribution in [0.2, 0.25) is 5.02 Å². The van der Waals surface area contributed by atoms with E-state index in [2.05, 4.69) is 10.4 Å². The molecular formula is C12H18ClN3O. The molecule has 17 heavy (non-hydrogen) atoms. The molecule has 1 saturated carbocycles. The van der Waals surface area contributed by atoms with Gasteiger partial charge < -0.3 is 5.32 Å². The Balaban J connectivity index is 2.12. The van der Waals surface area contributed by atoms with E-state index in [9.17, 15) is 4.79 Å². The number of nitrogens with one attached hydrogen (secondary N) is 1. The Bertz CT molecular complexity index is 452. The SMILES string of the molecule is CC(C)Cn1ncc(NCC2CC2)c(Cl)c1=O. The lowest BCUT2D eigenvalue weighted by atomic mass is 10.2. The van der Waals surface area contributed by atoms with Crippen LogP contribution in [-0.2, 0) is 6.54 Å². The maximum absolute atomic E-state index is 11.9. The third-order valence-corrected chi connectivity index (χ3v) is 3.17. The fraction of sp³-hybridized carbons (Fsp3) is 0.667. The van der Waals surface area contributed by atoms with Crippen molar-refractivity contribution in [2.45, 2.75) is 33.2 Å². The van der Waals surface area contributed by atoms with Gasteiger partial charge in [-0.2, -0.15) is 5.10 Å². The summed E-state index contributed by atoms with van der Waals surface area (Å²) in [4.78, 5) is 11.9. The van der Waals surface area contributed by atoms with E-state index in [1.54, 1.807) is 6.20 Å². The fourth-order valence-corrected chi connectivity index (χ4v) is 1.85. The lowest BCUT2D eigenvalue weighted by molar-refractivity contribution is 0.464. The van der Waals surface area contributed by atoms with Gasteiger partial charge in [-0.25, -0.2) is 4.68 Å². The van der Waals surface area contributed by atoms with E-state index in [4.69, 9.17) is 11.6 Å². The monoisotopic (exact) mass is 255 g/mol. The zero-order valence-electron chi connectivity index (χ0n) is 10.2. The second-order valence-corrected chi connectivity index (χ2v) is 5.46. The summed E-state index contributed by atoms with van der Waals surface area (Å²) in [7, 11) is 0. The fourth-order valence-electron chi connectivity index (χ4n) is 1.64. The van der Waals surface area contributed by atoms with Crippen molar-refractivity contribution in [3.63, 3.8) is 0 Å². The molecule has 0 spiro atoms. The van der Waals surface area contributed by atoms with Gasteiger partial charge in [0.05, 0.1) is 11.9 Å². The summed E-state index contributed by atoms with van der Waals surface area (Å²) in [5.74, 6) is 1.12. The highest BCUT2D eigenvalue weighted by Crippen LogP contribution is 2.29. The van der Waals surface area contributed by atoms with E-state index < -0.39 is 0 Å². The molecule has 1 aromatic rings. The summed E-state index contributed by atoms with van der Waals surface area (Å²) in [6.45, 7) is 5.57. The molecule has 1 aliphatic carbocycles. The smallest absolute Gasteiger partial charge is 0.287 e. The highest BCUT2D eigenvalue weighted by atomic mass is 35.5. The molecule has 1 N–H and O–H groups in total. The van der Waals surface area contributed by atoms with Gasteiger partial charge in [-0.3, -0.25) is 4.79 Å². The van der Waals surface area contributed by atoms with E-state index in [1.807, 2.05) is 13.8 Å². The van der Waals surface area contributed by atoms with Crippen molar-refractivity contribution in [2.75, 3.05) is 11.9 Å². The number of anilines is 1. The predicted molar refractivity (Wildman–Crippen MR) is 69.6 cm³/mol. The Kier molecular flexibility index (Phi) is 3.72. The summed E-state index contributed by atoms with van der Waals surface area (Å²) >= 11 is 6.05. The molecule has 2 rings (SSSR count). The van der Waals surface area contributed by atoms with Gasteiger partial charge in [0.2, 0.25) is 0 Å². The molecule has 1 fully saturated rings. The quantitative estimate of drug-likeness (QED) is 0.879. The van der Waals surface area contributed by atoms with Gasteiger partial charge in [0.25, 0.3) is 5.56 Å². The minimum atomic E-state index is -0.207. The van der Waals surface area contributed by atoms with Crippen molar-refractivity contribution in [3.05, 3.63) is 21.6 Å². The summed E-state index contributed by atoms with van der Waals surface area (Å²) in [5.41, 5.74) is 0.449. The Morgan fingerprint density at radius 1 is 1.59 bits per heavy atom. The van der Waals surface area contributed by atoms with Crippen LogP contribution in [0, 0.1) is 11.8 Å². The largest absolute Gasteiger partial charge is 0.382 e. The molecule has 1 heterocycles. The Morgan fingerprint density at radius 2 is 2.29 bits per heavy atom. The average Bonchev–Trinajstić information content (AvgIpc) is 3.07. The van der Waals surface area contributed by atoms with E-state index >= 15 is 0 Å². The first kappa shape index (κ1) is 12.4. The van der Waals surface area contributed by atoms with Crippen LogP contribution < -0.4 is 10.9 Å². The molecular weight excluding hydrogens is 238 g/mol. The predicted octanol–water partition coefficient (Wildman–Crippen LogP) is 2.37. The number of nitrogens with zero attached hydrogens (tertiary/aromatic N) is 2. The van der Waals surface area contributed by atoms with Crippen LogP contribution in [-0.4, -0.2) is 16.3 Å². The molecule has 0 aromatic carbocycles. The van der Waals surface area contributed by atoms with Crippen LogP contribution in [0.1, 0.15) is 26.7 Å². The molecule has 1 aliphatic rings. The number of hydrogen-bond acceptors (Lipinski definition) is 3. The van der Waals surface area contributed by atoms with Crippen molar-refractivity contribution < 1.29 is 0 Å². The van der Waals surface area contributed by atoms with Gasteiger partial charge >= 0.3 is 0 Å². The average molecular weight is 256 g/mol. The van der Waals surface area contributed by atoms with Crippen LogP contribution in [0.15, 0.2) is 11.0 Å². The first-order valence-corrected chi connectivity index (χ1v) is 6.45. The van der Waals surface area contributed by atoms with Crippen molar-refractivity contribution in [2.24, 2.45) is 11.8 Å². The standard InChI is InChI=1S/C12H18ClN3O/c1-8(2)7-16-12(17)11(13)10(6-15-16)14-5-9-3-4-9/h6,8-9,14H,3-5,7H2,1-2H3. The summed E-state index contributed by atoms with van der Waals surface area (Å²) < 4.78 is 1.43. The number of halogens is 1. The molecule has 0 bridgehead atoms. The Hall–Kier alpha value is -1.03. The minimum Gasteiger partial charge on any atom is -0.382 e. The van der Waals surface area contributed by atoms with Crippen LogP contribution in [0.5, 0.6) is 0 Å². The molecule has 4 nitrogen and oxygen atoms in total. The zero-order valence-corrected chi connectivity index (χ0v) is 11.0. The van der Waals surface area contributed by atoms with Gasteiger partial charge in [-0.05, 0) is 24.7 Å². The lowest BCUT2D eigenvalue weighted by Crippen LogP contribution is -2.26. The Morgan fingerprint density at radius 3 is 2.88 bits per heavy atom. The first-order chi connectivity index (χ1) is 8.08. The van der Waals surface area contributed by atoms with E-state index in [0.29, 0.717) is 18.2 Å². The molecule has 94 valence electrons. The Labute approximate surface area is 106 Å². The molecule has 0 aliphatic heterocycles.